The van der Waals surface area contributed by atoms with E-state index < -0.39 is 0 Å². The summed E-state index contributed by atoms with van der Waals surface area (Å²) in [4.78, 5) is 12.4. The Kier molecular flexibility index (Phi) is 4.97. The van der Waals surface area contributed by atoms with Crippen LogP contribution in [0.2, 0.25) is 0 Å². The second-order valence-electron chi connectivity index (χ2n) is 5.94. The number of hydrogen-bond donors (Lipinski definition) is 0. The highest BCUT2D eigenvalue weighted by Crippen LogP contribution is 2.31. The standard InChI is InChI=1S/C14H26O2/c1-5-16-13(14(2,3)4)12(15)11-9-7-6-8-10-11/h11,13H,5-10H2,1-4H3. The van der Waals surface area contributed by atoms with Gasteiger partial charge in [-0.2, -0.15) is 0 Å². The molecule has 0 bridgehead atoms. The minimum Gasteiger partial charge on any atom is -0.370 e. The predicted molar refractivity (Wildman–Crippen MR) is 66.5 cm³/mol. The van der Waals surface area contributed by atoms with Gasteiger partial charge < -0.3 is 4.74 Å². The van der Waals surface area contributed by atoms with E-state index in [1.54, 1.807) is 0 Å². The molecule has 1 aliphatic carbocycles. The van der Waals surface area contributed by atoms with Gasteiger partial charge in [-0.1, -0.05) is 40.0 Å². The van der Waals surface area contributed by atoms with E-state index in [9.17, 15) is 4.79 Å². The maximum atomic E-state index is 12.4. The van der Waals surface area contributed by atoms with Gasteiger partial charge in [0.05, 0.1) is 0 Å². The largest absolute Gasteiger partial charge is 0.370 e. The molecule has 2 heteroatoms. The first-order chi connectivity index (χ1) is 7.46. The lowest BCUT2D eigenvalue weighted by Crippen LogP contribution is -2.41. The van der Waals surface area contributed by atoms with Gasteiger partial charge in [-0.3, -0.25) is 4.79 Å². The van der Waals surface area contributed by atoms with Crippen LogP contribution in [0.3, 0.4) is 0 Å². The topological polar surface area (TPSA) is 26.3 Å². The Labute approximate surface area is 99.8 Å². The summed E-state index contributed by atoms with van der Waals surface area (Å²) in [5.41, 5.74) is -0.0788. The molecule has 16 heavy (non-hydrogen) atoms. The van der Waals surface area contributed by atoms with Gasteiger partial charge in [-0.05, 0) is 25.2 Å². The summed E-state index contributed by atoms with van der Waals surface area (Å²) in [6.07, 6.45) is 5.62. The molecule has 0 heterocycles. The van der Waals surface area contributed by atoms with Crippen LogP contribution in [-0.4, -0.2) is 18.5 Å². The van der Waals surface area contributed by atoms with Crippen molar-refractivity contribution in [3.8, 4) is 0 Å². The number of carbonyl (C=O) groups is 1. The zero-order valence-corrected chi connectivity index (χ0v) is 11.2. The lowest BCUT2D eigenvalue weighted by atomic mass is 9.77. The van der Waals surface area contributed by atoms with Gasteiger partial charge in [0.2, 0.25) is 0 Å². The maximum absolute atomic E-state index is 12.4. The van der Waals surface area contributed by atoms with Gasteiger partial charge in [0.25, 0.3) is 0 Å². The van der Waals surface area contributed by atoms with Crippen molar-refractivity contribution >= 4 is 5.78 Å². The van der Waals surface area contributed by atoms with Crippen LogP contribution in [0, 0.1) is 11.3 Å². The Morgan fingerprint density at radius 3 is 2.25 bits per heavy atom. The molecule has 1 aliphatic rings. The van der Waals surface area contributed by atoms with Crippen LogP contribution in [0.15, 0.2) is 0 Å². The van der Waals surface area contributed by atoms with Crippen LogP contribution in [0.4, 0.5) is 0 Å². The van der Waals surface area contributed by atoms with Gasteiger partial charge in [-0.25, -0.2) is 0 Å². The van der Waals surface area contributed by atoms with E-state index in [4.69, 9.17) is 4.74 Å². The first kappa shape index (κ1) is 13.7. The fourth-order valence-electron chi connectivity index (χ4n) is 2.53. The first-order valence-corrected chi connectivity index (χ1v) is 6.62. The highest BCUT2D eigenvalue weighted by molar-refractivity contribution is 5.86. The molecule has 0 aliphatic heterocycles. The molecule has 1 saturated carbocycles. The number of hydrogen-bond acceptors (Lipinski definition) is 2. The fraction of sp³-hybridized carbons (Fsp3) is 0.929. The van der Waals surface area contributed by atoms with Gasteiger partial charge >= 0.3 is 0 Å². The van der Waals surface area contributed by atoms with E-state index in [-0.39, 0.29) is 17.4 Å². The molecule has 0 aromatic carbocycles. The molecule has 0 saturated heterocycles. The van der Waals surface area contributed by atoms with Crippen molar-refractivity contribution in [1.29, 1.82) is 0 Å². The van der Waals surface area contributed by atoms with E-state index in [1.165, 1.54) is 19.3 Å². The molecule has 1 unspecified atom stereocenters. The van der Waals surface area contributed by atoms with Crippen molar-refractivity contribution in [2.24, 2.45) is 11.3 Å². The molecular formula is C14H26O2. The van der Waals surface area contributed by atoms with Gasteiger partial charge in [0.15, 0.2) is 5.78 Å². The molecule has 1 atom stereocenters. The summed E-state index contributed by atoms with van der Waals surface area (Å²) in [7, 11) is 0. The number of rotatable bonds is 4. The Morgan fingerprint density at radius 2 is 1.81 bits per heavy atom. The first-order valence-electron chi connectivity index (χ1n) is 6.62. The lowest BCUT2D eigenvalue weighted by Gasteiger charge is -2.33. The van der Waals surface area contributed by atoms with E-state index in [0.29, 0.717) is 12.4 Å². The maximum Gasteiger partial charge on any atom is 0.165 e. The molecule has 1 rings (SSSR count). The molecule has 0 aromatic rings. The quantitative estimate of drug-likeness (QED) is 0.732. The Bertz CT molecular complexity index is 221. The Balaban J connectivity index is 2.66. The highest BCUT2D eigenvalue weighted by Gasteiger charge is 2.36. The van der Waals surface area contributed by atoms with Crippen molar-refractivity contribution in [3.05, 3.63) is 0 Å². The third-order valence-corrected chi connectivity index (χ3v) is 3.39. The minimum absolute atomic E-state index is 0.0788. The Morgan fingerprint density at radius 1 is 1.25 bits per heavy atom. The molecule has 2 nitrogen and oxygen atoms in total. The normalized spacial score (nSPS) is 20.8. The smallest absolute Gasteiger partial charge is 0.165 e. The SMILES string of the molecule is CCOC(C(=O)C1CCCCC1)C(C)(C)C. The minimum atomic E-state index is -0.222. The fourth-order valence-corrected chi connectivity index (χ4v) is 2.53. The molecule has 1 fully saturated rings. The molecule has 0 radical (unpaired) electrons. The summed E-state index contributed by atoms with van der Waals surface area (Å²) < 4.78 is 5.67. The van der Waals surface area contributed by atoms with E-state index in [2.05, 4.69) is 20.8 Å². The number of Topliss-reactive ketones (excluding diaryl/α,β-unsaturated/α-hetero) is 1. The Hall–Kier alpha value is -0.370. The van der Waals surface area contributed by atoms with Crippen LogP contribution in [0.1, 0.15) is 59.8 Å². The lowest BCUT2D eigenvalue weighted by molar-refractivity contribution is -0.142. The predicted octanol–water partition coefficient (Wildman–Crippen LogP) is 3.59. The van der Waals surface area contributed by atoms with Crippen molar-refractivity contribution in [3.63, 3.8) is 0 Å². The van der Waals surface area contributed by atoms with Crippen LogP contribution < -0.4 is 0 Å². The summed E-state index contributed by atoms with van der Waals surface area (Å²) in [6, 6.07) is 0. The second-order valence-corrected chi connectivity index (χ2v) is 5.94. The molecule has 0 amide bonds. The summed E-state index contributed by atoms with van der Waals surface area (Å²) in [6.45, 7) is 8.86. The highest BCUT2D eigenvalue weighted by atomic mass is 16.5. The van der Waals surface area contributed by atoms with Gasteiger partial charge in [0.1, 0.15) is 6.10 Å². The molecule has 0 aromatic heterocycles. The monoisotopic (exact) mass is 226 g/mol. The van der Waals surface area contributed by atoms with E-state index in [1.807, 2.05) is 6.92 Å². The average molecular weight is 226 g/mol. The number of ether oxygens (including phenoxy) is 1. The average Bonchev–Trinajstić information content (AvgIpc) is 2.25. The van der Waals surface area contributed by atoms with Gasteiger partial charge in [-0.15, -0.1) is 0 Å². The zero-order chi connectivity index (χ0) is 12.2. The van der Waals surface area contributed by atoms with E-state index >= 15 is 0 Å². The van der Waals surface area contributed by atoms with Crippen molar-refractivity contribution < 1.29 is 9.53 Å². The summed E-state index contributed by atoms with van der Waals surface area (Å²) in [5, 5.41) is 0. The number of carbonyl (C=O) groups excluding carboxylic acids is 1. The summed E-state index contributed by atoms with van der Waals surface area (Å²) >= 11 is 0. The van der Waals surface area contributed by atoms with Crippen LogP contribution >= 0.6 is 0 Å². The molecule has 0 spiro atoms. The molecule has 94 valence electrons. The van der Waals surface area contributed by atoms with Crippen molar-refractivity contribution in [2.45, 2.75) is 65.9 Å². The third-order valence-electron chi connectivity index (χ3n) is 3.39. The second kappa shape index (κ2) is 5.81. The zero-order valence-electron chi connectivity index (χ0n) is 11.2. The van der Waals surface area contributed by atoms with Crippen LogP contribution in [0.5, 0.6) is 0 Å². The van der Waals surface area contributed by atoms with Crippen molar-refractivity contribution in [1.82, 2.24) is 0 Å². The van der Waals surface area contributed by atoms with Crippen molar-refractivity contribution in [2.75, 3.05) is 6.61 Å². The summed E-state index contributed by atoms with van der Waals surface area (Å²) in [5.74, 6) is 0.596. The third kappa shape index (κ3) is 3.58. The van der Waals surface area contributed by atoms with Crippen LogP contribution in [0.25, 0.3) is 0 Å². The molecule has 0 N–H and O–H groups in total. The van der Waals surface area contributed by atoms with Crippen LogP contribution in [-0.2, 0) is 9.53 Å². The van der Waals surface area contributed by atoms with Gasteiger partial charge in [0, 0.05) is 12.5 Å². The molecular weight excluding hydrogens is 200 g/mol. The van der Waals surface area contributed by atoms with E-state index in [0.717, 1.165) is 12.8 Å². The number of ketones is 1.